The van der Waals surface area contributed by atoms with Gasteiger partial charge in [-0.05, 0) is 30.3 Å². The lowest BCUT2D eigenvalue weighted by Gasteiger charge is -2.09. The van der Waals surface area contributed by atoms with Crippen LogP contribution in [0.25, 0.3) is 0 Å². The summed E-state index contributed by atoms with van der Waals surface area (Å²) >= 11 is 11.6. The zero-order chi connectivity index (χ0) is 20.7. The second kappa shape index (κ2) is 10.0. The van der Waals surface area contributed by atoms with Gasteiger partial charge in [0, 0.05) is 30.3 Å². The predicted molar refractivity (Wildman–Crippen MR) is 100 cm³/mol. The molecule has 28 heavy (non-hydrogen) atoms. The fourth-order valence-electron chi connectivity index (χ4n) is 2.13. The maximum atomic E-state index is 13.1. The molecule has 2 aromatic rings. The van der Waals surface area contributed by atoms with E-state index in [2.05, 4.69) is 16.0 Å². The van der Waals surface area contributed by atoms with Gasteiger partial charge in [0.05, 0.1) is 16.6 Å². The molecule has 0 aliphatic carbocycles. The molecule has 6 nitrogen and oxygen atoms in total. The maximum Gasteiger partial charge on any atom is 0.251 e. The van der Waals surface area contributed by atoms with E-state index in [1.54, 1.807) is 0 Å². The van der Waals surface area contributed by atoms with Crippen molar-refractivity contribution < 1.29 is 23.2 Å². The largest absolute Gasteiger partial charge is 0.353 e. The smallest absolute Gasteiger partial charge is 0.251 e. The van der Waals surface area contributed by atoms with E-state index in [0.29, 0.717) is 16.7 Å². The molecule has 0 heterocycles. The van der Waals surface area contributed by atoms with Gasteiger partial charge in [0.15, 0.2) is 0 Å². The highest BCUT2D eigenvalue weighted by Crippen LogP contribution is 2.22. The summed E-state index contributed by atoms with van der Waals surface area (Å²) in [5, 5.41) is 7.87. The van der Waals surface area contributed by atoms with E-state index in [9.17, 15) is 23.2 Å². The predicted octanol–water partition coefficient (Wildman–Crippen LogP) is 2.55. The molecular formula is C18H15Cl2F2N3O3. The summed E-state index contributed by atoms with van der Waals surface area (Å²) in [5.74, 6) is -3.51. The number of rotatable bonds is 7. The van der Waals surface area contributed by atoms with E-state index >= 15 is 0 Å². The second-order valence-corrected chi connectivity index (χ2v) is 6.39. The van der Waals surface area contributed by atoms with Crippen molar-refractivity contribution in [3.05, 3.63) is 69.2 Å². The van der Waals surface area contributed by atoms with Crippen LogP contribution in [0.2, 0.25) is 10.0 Å². The van der Waals surface area contributed by atoms with Gasteiger partial charge in [-0.15, -0.1) is 0 Å². The number of carbonyl (C=O) groups excluding carboxylic acids is 3. The minimum atomic E-state index is -0.896. The Hall–Kier alpha value is -2.71. The topological polar surface area (TPSA) is 87.3 Å². The molecule has 148 valence electrons. The lowest BCUT2D eigenvalue weighted by Crippen LogP contribution is -2.40. The summed E-state index contributed by atoms with van der Waals surface area (Å²) in [4.78, 5) is 35.4. The summed E-state index contributed by atoms with van der Waals surface area (Å²) < 4.78 is 26.1. The van der Waals surface area contributed by atoms with Crippen LogP contribution in [0.5, 0.6) is 0 Å². The molecule has 3 N–H and O–H groups in total. The fraction of sp³-hybridized carbons (Fsp3) is 0.167. The van der Waals surface area contributed by atoms with Crippen molar-refractivity contribution in [3.8, 4) is 0 Å². The van der Waals surface area contributed by atoms with Gasteiger partial charge in [-0.3, -0.25) is 14.4 Å². The van der Waals surface area contributed by atoms with Crippen LogP contribution in [0.15, 0.2) is 36.4 Å². The Balaban J connectivity index is 1.70. The van der Waals surface area contributed by atoms with Crippen LogP contribution in [0.4, 0.5) is 8.78 Å². The number of amides is 3. The standard InChI is InChI=1S/C18H15Cl2F2N3O3/c19-14-2-1-10(7-15(14)20)17(27)24-4-3-23-16(26)9-25-18(28)11-5-12(21)8-13(22)6-11/h1-2,5-8H,3-4,9H2,(H,23,26)(H,24,27)(H,25,28). The van der Waals surface area contributed by atoms with Gasteiger partial charge >= 0.3 is 0 Å². The lowest BCUT2D eigenvalue weighted by atomic mass is 10.2. The third-order valence-electron chi connectivity index (χ3n) is 3.45. The van der Waals surface area contributed by atoms with Crippen molar-refractivity contribution in [2.24, 2.45) is 0 Å². The summed E-state index contributed by atoms with van der Waals surface area (Å²) in [5.41, 5.74) is 0.0782. The van der Waals surface area contributed by atoms with Gasteiger partial charge in [-0.25, -0.2) is 8.78 Å². The Bertz CT molecular complexity index is 889. The third kappa shape index (κ3) is 6.47. The van der Waals surface area contributed by atoms with Crippen LogP contribution >= 0.6 is 23.2 Å². The zero-order valence-electron chi connectivity index (χ0n) is 14.3. The Morgan fingerprint density at radius 2 is 1.36 bits per heavy atom. The highest BCUT2D eigenvalue weighted by Gasteiger charge is 2.11. The summed E-state index contributed by atoms with van der Waals surface area (Å²) in [7, 11) is 0. The van der Waals surface area contributed by atoms with Crippen LogP contribution in [-0.2, 0) is 4.79 Å². The SMILES string of the molecule is O=C(CNC(=O)c1cc(F)cc(F)c1)NCCNC(=O)c1ccc(Cl)c(Cl)c1. The van der Waals surface area contributed by atoms with E-state index in [4.69, 9.17) is 23.2 Å². The number of hydrogen-bond acceptors (Lipinski definition) is 3. The molecule has 10 heteroatoms. The molecule has 0 aliphatic rings. The number of carbonyl (C=O) groups is 3. The minimum Gasteiger partial charge on any atom is -0.353 e. The van der Waals surface area contributed by atoms with Crippen molar-refractivity contribution in [2.75, 3.05) is 19.6 Å². The van der Waals surface area contributed by atoms with Crippen LogP contribution in [0.3, 0.4) is 0 Å². The van der Waals surface area contributed by atoms with E-state index < -0.39 is 35.9 Å². The van der Waals surface area contributed by atoms with Gasteiger partial charge in [-0.1, -0.05) is 23.2 Å². The molecule has 0 spiro atoms. The Morgan fingerprint density at radius 3 is 2.00 bits per heavy atom. The van der Waals surface area contributed by atoms with Crippen LogP contribution < -0.4 is 16.0 Å². The number of hydrogen-bond donors (Lipinski definition) is 3. The minimum absolute atomic E-state index is 0.107. The number of nitrogens with one attached hydrogen (secondary N) is 3. The first-order chi connectivity index (χ1) is 13.3. The number of halogens is 4. The molecule has 0 aliphatic heterocycles. The molecule has 0 saturated carbocycles. The molecular weight excluding hydrogens is 415 g/mol. The highest BCUT2D eigenvalue weighted by molar-refractivity contribution is 6.42. The van der Waals surface area contributed by atoms with E-state index in [1.807, 2.05) is 0 Å². The molecule has 0 bridgehead atoms. The van der Waals surface area contributed by atoms with Crippen molar-refractivity contribution in [2.45, 2.75) is 0 Å². The van der Waals surface area contributed by atoms with Gasteiger partial charge in [0.1, 0.15) is 11.6 Å². The van der Waals surface area contributed by atoms with Crippen LogP contribution in [-0.4, -0.2) is 37.4 Å². The van der Waals surface area contributed by atoms with E-state index in [0.717, 1.165) is 12.1 Å². The molecule has 0 unspecified atom stereocenters. The first-order valence-electron chi connectivity index (χ1n) is 8.00. The second-order valence-electron chi connectivity index (χ2n) is 5.58. The lowest BCUT2D eigenvalue weighted by molar-refractivity contribution is -0.120. The van der Waals surface area contributed by atoms with Crippen molar-refractivity contribution in [3.63, 3.8) is 0 Å². The first kappa shape index (κ1) is 21.6. The molecule has 0 aromatic heterocycles. The molecule has 0 radical (unpaired) electrons. The zero-order valence-corrected chi connectivity index (χ0v) is 15.8. The Kier molecular flexibility index (Phi) is 7.71. The molecule has 3 amide bonds. The molecule has 2 rings (SSSR count). The van der Waals surface area contributed by atoms with Crippen molar-refractivity contribution >= 4 is 40.9 Å². The Labute approximate surface area is 169 Å². The highest BCUT2D eigenvalue weighted by atomic mass is 35.5. The van der Waals surface area contributed by atoms with E-state index in [-0.39, 0.29) is 23.7 Å². The van der Waals surface area contributed by atoms with Crippen LogP contribution in [0, 0.1) is 11.6 Å². The molecule has 0 saturated heterocycles. The monoisotopic (exact) mass is 429 g/mol. The van der Waals surface area contributed by atoms with Gasteiger partial charge in [0.2, 0.25) is 5.91 Å². The number of benzene rings is 2. The first-order valence-corrected chi connectivity index (χ1v) is 8.76. The fourth-order valence-corrected chi connectivity index (χ4v) is 2.43. The average molecular weight is 430 g/mol. The summed E-state index contributed by atoms with van der Waals surface area (Å²) in [6, 6.07) is 6.77. The maximum absolute atomic E-state index is 13.1. The van der Waals surface area contributed by atoms with Crippen molar-refractivity contribution in [1.82, 2.24) is 16.0 Å². The third-order valence-corrected chi connectivity index (χ3v) is 4.19. The normalized spacial score (nSPS) is 10.3. The van der Waals surface area contributed by atoms with Crippen molar-refractivity contribution in [1.29, 1.82) is 0 Å². The van der Waals surface area contributed by atoms with Gasteiger partial charge in [0.25, 0.3) is 11.8 Å². The molecule has 0 atom stereocenters. The average Bonchev–Trinajstić information content (AvgIpc) is 2.64. The van der Waals surface area contributed by atoms with E-state index in [1.165, 1.54) is 18.2 Å². The molecule has 2 aromatic carbocycles. The molecule has 0 fully saturated rings. The van der Waals surface area contributed by atoms with Gasteiger partial charge in [-0.2, -0.15) is 0 Å². The van der Waals surface area contributed by atoms with Crippen LogP contribution in [0.1, 0.15) is 20.7 Å². The summed E-state index contributed by atoms with van der Waals surface area (Å²) in [6.07, 6.45) is 0. The Morgan fingerprint density at radius 1 is 0.750 bits per heavy atom. The summed E-state index contributed by atoms with van der Waals surface area (Å²) in [6.45, 7) is -0.151. The van der Waals surface area contributed by atoms with Gasteiger partial charge < -0.3 is 16.0 Å². The quantitative estimate of drug-likeness (QED) is 0.591.